The Hall–Kier alpha value is -4.50. The van der Waals surface area contributed by atoms with Gasteiger partial charge in [0.1, 0.15) is 11.6 Å². The van der Waals surface area contributed by atoms with Crippen LogP contribution in [0.15, 0.2) is 85.1 Å². The highest BCUT2D eigenvalue weighted by molar-refractivity contribution is 5.96. The first kappa shape index (κ1) is 18.5. The summed E-state index contributed by atoms with van der Waals surface area (Å²) < 4.78 is 1.49. The highest BCUT2D eigenvalue weighted by atomic mass is 16.1. The number of nitrogens with one attached hydrogen (secondary N) is 1. The molecule has 5 aromatic rings. The SMILES string of the molecule is N#Cc1cnn(-c2ccc3ccccc3n2)c1NC(=O)Cc1cccc2ccccc12. The van der Waals surface area contributed by atoms with E-state index in [0.29, 0.717) is 11.6 Å². The Morgan fingerprint density at radius 1 is 0.935 bits per heavy atom. The maximum Gasteiger partial charge on any atom is 0.230 e. The van der Waals surface area contributed by atoms with E-state index in [1.165, 1.54) is 10.9 Å². The van der Waals surface area contributed by atoms with Gasteiger partial charge in [0.2, 0.25) is 5.91 Å². The van der Waals surface area contributed by atoms with Crippen LogP contribution in [0, 0.1) is 11.3 Å². The molecule has 6 heteroatoms. The first-order valence-electron chi connectivity index (χ1n) is 9.84. The Labute approximate surface area is 178 Å². The van der Waals surface area contributed by atoms with E-state index in [2.05, 4.69) is 21.5 Å². The summed E-state index contributed by atoms with van der Waals surface area (Å²) in [6.45, 7) is 0. The van der Waals surface area contributed by atoms with Crippen molar-refractivity contribution in [2.24, 2.45) is 0 Å². The number of nitriles is 1. The summed E-state index contributed by atoms with van der Waals surface area (Å²) in [5.74, 6) is 0.617. The molecule has 1 N–H and O–H groups in total. The summed E-state index contributed by atoms with van der Waals surface area (Å²) in [7, 11) is 0. The van der Waals surface area contributed by atoms with Gasteiger partial charge in [0.25, 0.3) is 0 Å². The molecule has 0 fully saturated rings. The zero-order valence-corrected chi connectivity index (χ0v) is 16.5. The number of carbonyl (C=O) groups excluding carboxylic acids is 1. The second-order valence-electron chi connectivity index (χ2n) is 7.16. The number of aromatic nitrogens is 3. The van der Waals surface area contributed by atoms with Gasteiger partial charge in [-0.1, -0.05) is 60.7 Å². The molecule has 0 aliphatic rings. The number of hydrogen-bond donors (Lipinski definition) is 1. The molecule has 2 aromatic heterocycles. The number of benzene rings is 3. The monoisotopic (exact) mass is 403 g/mol. The van der Waals surface area contributed by atoms with E-state index in [1.807, 2.05) is 78.9 Å². The van der Waals surface area contributed by atoms with Crippen LogP contribution in [0.4, 0.5) is 5.82 Å². The Balaban J connectivity index is 1.48. The summed E-state index contributed by atoms with van der Waals surface area (Å²) in [6.07, 6.45) is 1.62. The second-order valence-corrected chi connectivity index (χ2v) is 7.16. The van der Waals surface area contributed by atoms with Crippen molar-refractivity contribution in [3.63, 3.8) is 0 Å². The fraction of sp³-hybridized carbons (Fsp3) is 0.0400. The molecule has 0 bridgehead atoms. The van der Waals surface area contributed by atoms with E-state index in [1.54, 1.807) is 0 Å². The van der Waals surface area contributed by atoms with Crippen LogP contribution in [0.1, 0.15) is 11.1 Å². The number of carbonyl (C=O) groups is 1. The quantitative estimate of drug-likeness (QED) is 0.474. The lowest BCUT2D eigenvalue weighted by atomic mass is 10.0. The molecule has 6 nitrogen and oxygen atoms in total. The molecule has 0 radical (unpaired) electrons. The molecule has 0 aliphatic heterocycles. The molecule has 0 atom stereocenters. The van der Waals surface area contributed by atoms with Crippen LogP contribution < -0.4 is 5.32 Å². The smallest absolute Gasteiger partial charge is 0.230 e. The van der Waals surface area contributed by atoms with Crippen molar-refractivity contribution >= 4 is 33.4 Å². The van der Waals surface area contributed by atoms with E-state index in [-0.39, 0.29) is 17.9 Å². The maximum atomic E-state index is 12.9. The van der Waals surface area contributed by atoms with Gasteiger partial charge in [0, 0.05) is 5.39 Å². The number of amides is 1. The van der Waals surface area contributed by atoms with Crippen molar-refractivity contribution in [3.8, 4) is 11.9 Å². The zero-order chi connectivity index (χ0) is 21.2. The van der Waals surface area contributed by atoms with Gasteiger partial charge in [0.15, 0.2) is 11.6 Å². The predicted octanol–water partition coefficient (Wildman–Crippen LogP) is 4.63. The lowest BCUT2D eigenvalue weighted by molar-refractivity contribution is -0.115. The largest absolute Gasteiger partial charge is 0.309 e. The number of anilines is 1. The molecule has 1 amide bonds. The molecule has 2 heterocycles. The van der Waals surface area contributed by atoms with Gasteiger partial charge in [-0.25, -0.2) is 4.98 Å². The van der Waals surface area contributed by atoms with Crippen molar-refractivity contribution in [2.45, 2.75) is 6.42 Å². The minimum atomic E-state index is -0.226. The van der Waals surface area contributed by atoms with E-state index >= 15 is 0 Å². The Morgan fingerprint density at radius 2 is 1.71 bits per heavy atom. The summed E-state index contributed by atoms with van der Waals surface area (Å²) >= 11 is 0. The molecule has 31 heavy (non-hydrogen) atoms. The number of para-hydroxylation sites is 1. The van der Waals surface area contributed by atoms with Crippen LogP contribution in [-0.4, -0.2) is 20.7 Å². The van der Waals surface area contributed by atoms with Crippen molar-refractivity contribution in [1.29, 1.82) is 5.26 Å². The van der Waals surface area contributed by atoms with E-state index < -0.39 is 0 Å². The first-order valence-corrected chi connectivity index (χ1v) is 9.84. The van der Waals surface area contributed by atoms with E-state index in [4.69, 9.17) is 0 Å². The van der Waals surface area contributed by atoms with Crippen molar-refractivity contribution in [2.75, 3.05) is 5.32 Å². The summed E-state index contributed by atoms with van der Waals surface area (Å²) in [5, 5.41) is 19.8. The Morgan fingerprint density at radius 3 is 2.58 bits per heavy atom. The van der Waals surface area contributed by atoms with Crippen LogP contribution >= 0.6 is 0 Å². The normalized spacial score (nSPS) is 10.8. The number of pyridine rings is 1. The third-order valence-corrected chi connectivity index (χ3v) is 5.18. The molecule has 0 unspecified atom stereocenters. The molecular weight excluding hydrogens is 386 g/mol. The van der Waals surface area contributed by atoms with Gasteiger partial charge in [0.05, 0.1) is 18.1 Å². The molecule has 3 aromatic carbocycles. The predicted molar refractivity (Wildman–Crippen MR) is 120 cm³/mol. The Kier molecular flexibility index (Phi) is 4.62. The van der Waals surface area contributed by atoms with Gasteiger partial charge in [-0.15, -0.1) is 0 Å². The average molecular weight is 403 g/mol. The molecule has 0 aliphatic carbocycles. The lowest BCUT2D eigenvalue weighted by Gasteiger charge is -2.11. The van der Waals surface area contributed by atoms with Crippen molar-refractivity contribution < 1.29 is 4.79 Å². The van der Waals surface area contributed by atoms with Gasteiger partial charge < -0.3 is 5.32 Å². The van der Waals surface area contributed by atoms with E-state index in [9.17, 15) is 10.1 Å². The van der Waals surface area contributed by atoms with Crippen LogP contribution in [0.2, 0.25) is 0 Å². The minimum Gasteiger partial charge on any atom is -0.309 e. The fourth-order valence-electron chi connectivity index (χ4n) is 3.69. The van der Waals surface area contributed by atoms with Gasteiger partial charge >= 0.3 is 0 Å². The molecule has 148 valence electrons. The molecular formula is C25H17N5O. The second kappa shape index (κ2) is 7.73. The lowest BCUT2D eigenvalue weighted by Crippen LogP contribution is -2.18. The number of nitrogens with zero attached hydrogens (tertiary/aromatic N) is 4. The van der Waals surface area contributed by atoms with Crippen LogP contribution in [0.3, 0.4) is 0 Å². The highest BCUT2D eigenvalue weighted by Crippen LogP contribution is 2.23. The third-order valence-electron chi connectivity index (χ3n) is 5.18. The van der Waals surface area contributed by atoms with Crippen molar-refractivity contribution in [3.05, 3.63) is 96.2 Å². The van der Waals surface area contributed by atoms with Gasteiger partial charge in [-0.05, 0) is 34.5 Å². The van der Waals surface area contributed by atoms with Crippen LogP contribution in [0.5, 0.6) is 0 Å². The summed E-state index contributed by atoms with van der Waals surface area (Å²) in [4.78, 5) is 17.5. The third kappa shape index (κ3) is 3.49. The first-order chi connectivity index (χ1) is 15.2. The zero-order valence-electron chi connectivity index (χ0n) is 16.5. The fourth-order valence-corrected chi connectivity index (χ4v) is 3.69. The number of fused-ring (bicyclic) bond motifs is 2. The Bertz CT molecular complexity index is 1470. The number of hydrogen-bond acceptors (Lipinski definition) is 4. The number of rotatable bonds is 4. The topological polar surface area (TPSA) is 83.6 Å². The van der Waals surface area contributed by atoms with Gasteiger partial charge in [-0.2, -0.15) is 15.0 Å². The summed E-state index contributed by atoms with van der Waals surface area (Å²) in [5.41, 5.74) is 2.01. The molecule has 0 spiro atoms. The summed E-state index contributed by atoms with van der Waals surface area (Å²) in [6, 6.07) is 27.4. The molecule has 5 rings (SSSR count). The maximum absolute atomic E-state index is 12.9. The molecule has 0 saturated carbocycles. The average Bonchev–Trinajstić information content (AvgIpc) is 3.21. The standard InChI is InChI=1S/C25H17N5O/c26-15-20-16-27-30(23-13-12-18-7-2-4-11-22(18)28-23)25(20)29-24(31)14-19-9-5-8-17-6-1-3-10-21(17)19/h1-13,16H,14H2,(H,29,31). The minimum absolute atomic E-state index is 0.183. The van der Waals surface area contributed by atoms with Crippen LogP contribution in [-0.2, 0) is 11.2 Å². The van der Waals surface area contributed by atoms with Gasteiger partial charge in [-0.3, -0.25) is 4.79 Å². The highest BCUT2D eigenvalue weighted by Gasteiger charge is 2.17. The van der Waals surface area contributed by atoms with E-state index in [0.717, 1.165) is 27.2 Å². The van der Waals surface area contributed by atoms with Crippen LogP contribution in [0.25, 0.3) is 27.5 Å². The van der Waals surface area contributed by atoms with Crippen molar-refractivity contribution in [1.82, 2.24) is 14.8 Å². The molecule has 0 saturated heterocycles.